The summed E-state index contributed by atoms with van der Waals surface area (Å²) in [4.78, 5) is 40.8. The Bertz CT molecular complexity index is 2290. The largest absolute Gasteiger partial charge is 0.463 e. The average molecular weight is 768 g/mol. The van der Waals surface area contributed by atoms with Crippen molar-refractivity contribution in [3.8, 4) is 0 Å². The van der Waals surface area contributed by atoms with Crippen LogP contribution in [0.25, 0.3) is 33.3 Å². The second-order valence-corrected chi connectivity index (χ2v) is 11.7. The number of hydrogen-bond donors (Lipinski definition) is 3. The van der Waals surface area contributed by atoms with Crippen LogP contribution < -0.4 is 0 Å². The second kappa shape index (κ2) is 20.1. The zero-order valence-electron chi connectivity index (χ0n) is 31.0. The van der Waals surface area contributed by atoms with Crippen molar-refractivity contribution in [3.05, 3.63) is 128 Å². The lowest BCUT2D eigenvalue weighted by molar-refractivity contribution is -0.137. The molecule has 0 aliphatic rings. The quantitative estimate of drug-likeness (QED) is 0.0702. The number of fused-ring (bicyclic) bond motifs is 3. The van der Waals surface area contributed by atoms with E-state index in [1.807, 2.05) is 45.0 Å². The molecular weight excluding hydrogens is 726 g/mol. The lowest BCUT2D eigenvalue weighted by atomic mass is 10.4. The molecule has 18 nitrogen and oxygen atoms in total. The van der Waals surface area contributed by atoms with Gasteiger partial charge in [0.05, 0.1) is 35.3 Å². The fourth-order valence-electron chi connectivity index (χ4n) is 5.01. The second-order valence-electron chi connectivity index (χ2n) is 11.7. The molecule has 9 heterocycles. The number of nitrogens with zero attached hydrogens (tertiary/aromatic N) is 6. The van der Waals surface area contributed by atoms with Gasteiger partial charge in [0, 0.05) is 91.4 Å². The van der Waals surface area contributed by atoms with E-state index in [1.54, 1.807) is 103 Å². The number of furan rings is 3. The normalized spacial score (nSPS) is 11.4. The molecule has 0 bridgehead atoms. The zero-order valence-corrected chi connectivity index (χ0v) is 31.0. The predicted molar refractivity (Wildman–Crippen MR) is 202 cm³/mol. The number of ether oxygens (including phenoxy) is 3. The van der Waals surface area contributed by atoms with Gasteiger partial charge in [-0.25, -0.2) is 18.8 Å². The summed E-state index contributed by atoms with van der Waals surface area (Å²) in [7, 11) is 0. The molecule has 0 fully saturated rings. The lowest BCUT2D eigenvalue weighted by Crippen LogP contribution is -2.17. The Labute approximate surface area is 318 Å². The number of carbonyl (C=O) groups is 3. The lowest BCUT2D eigenvalue weighted by Gasteiger charge is -2.15. The highest BCUT2D eigenvalue weighted by atomic mass is 16.6. The Morgan fingerprint density at radius 2 is 1.29 bits per heavy atom. The van der Waals surface area contributed by atoms with Crippen LogP contribution >= 0.6 is 0 Å². The third-order valence-electron chi connectivity index (χ3n) is 7.61. The van der Waals surface area contributed by atoms with E-state index >= 15 is 0 Å². The Morgan fingerprint density at radius 1 is 0.750 bits per heavy atom. The summed E-state index contributed by atoms with van der Waals surface area (Å²) in [6.45, 7) is 8.68. The van der Waals surface area contributed by atoms with Crippen LogP contribution in [0.5, 0.6) is 0 Å². The van der Waals surface area contributed by atoms with Crippen LogP contribution in [-0.2, 0) is 30.5 Å². The molecule has 0 saturated carbocycles. The highest BCUT2D eigenvalue weighted by Crippen LogP contribution is 2.20. The van der Waals surface area contributed by atoms with Crippen LogP contribution in [0.3, 0.4) is 0 Å². The topological polar surface area (TPSA) is 219 Å². The number of aromatic nitrogens is 9. The van der Waals surface area contributed by atoms with E-state index in [4.69, 9.17) is 18.0 Å². The molecule has 0 aliphatic carbocycles. The minimum Gasteiger partial charge on any atom is -0.463 e. The number of hydrogen-bond acceptors (Lipinski definition) is 12. The zero-order chi connectivity index (χ0) is 39.7. The molecule has 0 saturated heterocycles. The molecule has 0 aromatic carbocycles. The van der Waals surface area contributed by atoms with Gasteiger partial charge >= 0.3 is 5.97 Å². The molecule has 0 aliphatic heterocycles. The van der Waals surface area contributed by atoms with Crippen molar-refractivity contribution in [2.24, 2.45) is 0 Å². The van der Waals surface area contributed by atoms with Gasteiger partial charge in [0.1, 0.15) is 5.69 Å². The molecule has 0 spiro atoms. The summed E-state index contributed by atoms with van der Waals surface area (Å²) in [5.74, 6) is -0.422. The highest BCUT2D eigenvalue weighted by molar-refractivity contribution is 5.93. The Hall–Kier alpha value is -7.50. The maximum absolute atomic E-state index is 12.0. The molecule has 0 amide bonds. The van der Waals surface area contributed by atoms with Crippen LogP contribution in [0.1, 0.15) is 54.6 Å². The van der Waals surface area contributed by atoms with Gasteiger partial charge in [-0.3, -0.25) is 9.59 Å². The minimum absolute atomic E-state index is 0.191. The van der Waals surface area contributed by atoms with Crippen molar-refractivity contribution in [2.45, 2.75) is 53.3 Å². The van der Waals surface area contributed by atoms with Gasteiger partial charge in [-0.2, -0.15) is 15.3 Å². The summed E-state index contributed by atoms with van der Waals surface area (Å²) in [5, 5.41) is 11.7. The van der Waals surface area contributed by atoms with Crippen molar-refractivity contribution >= 4 is 52.2 Å². The first-order chi connectivity index (χ1) is 27.3. The third-order valence-corrected chi connectivity index (χ3v) is 7.61. The van der Waals surface area contributed by atoms with Crippen molar-refractivity contribution in [2.75, 3.05) is 0 Å². The van der Waals surface area contributed by atoms with Crippen molar-refractivity contribution in [3.63, 3.8) is 0 Å². The fourth-order valence-corrected chi connectivity index (χ4v) is 5.01. The molecule has 56 heavy (non-hydrogen) atoms. The van der Waals surface area contributed by atoms with E-state index in [0.717, 1.165) is 39.1 Å². The Morgan fingerprint density at radius 3 is 1.75 bits per heavy atom. The maximum Gasteiger partial charge on any atom is 0.356 e. The van der Waals surface area contributed by atoms with Crippen LogP contribution in [0.4, 0.5) is 0 Å². The summed E-state index contributed by atoms with van der Waals surface area (Å²) >= 11 is 0. The smallest absolute Gasteiger partial charge is 0.356 e. The van der Waals surface area contributed by atoms with E-state index in [0.29, 0.717) is 30.6 Å². The van der Waals surface area contributed by atoms with Crippen molar-refractivity contribution in [1.82, 2.24) is 44.3 Å². The number of carbonyl (C=O) groups excluding carboxylic acids is 3. The fraction of sp³-hybridized carbons (Fsp3) is 0.211. The van der Waals surface area contributed by atoms with E-state index in [-0.39, 0.29) is 13.0 Å². The first kappa shape index (κ1) is 39.7. The Kier molecular flexibility index (Phi) is 14.2. The van der Waals surface area contributed by atoms with Gasteiger partial charge in [-0.15, -0.1) is 0 Å². The first-order valence-corrected chi connectivity index (χ1v) is 17.2. The highest BCUT2D eigenvalue weighted by Gasteiger charge is 2.18. The number of aromatic amines is 3. The maximum atomic E-state index is 12.0. The average Bonchev–Trinajstić information content (AvgIpc) is 4.02. The predicted octanol–water partition coefficient (Wildman–Crippen LogP) is 7.45. The van der Waals surface area contributed by atoms with Gasteiger partial charge in [-0.1, -0.05) is 6.92 Å². The van der Waals surface area contributed by atoms with E-state index < -0.39 is 12.2 Å². The molecule has 18 heteroatoms. The number of nitrogens with one attached hydrogen (secondary N) is 3. The van der Waals surface area contributed by atoms with E-state index in [1.165, 1.54) is 4.68 Å². The van der Waals surface area contributed by atoms with Crippen molar-refractivity contribution in [1.29, 1.82) is 0 Å². The SMILES string of the molecule is CC(OC=O)n1cccn1.CCC(OC(=O)c1cc2occc2[nH]1)n1cccn1.Cc1cc2occc2[nH]1.Cc1cc2occc2[nH]1.O=COCn1cccn1. The van der Waals surface area contributed by atoms with Crippen LogP contribution in [0, 0.1) is 13.8 Å². The number of rotatable bonds is 10. The molecule has 9 aromatic heterocycles. The number of aryl methyl sites for hydroxylation is 2. The van der Waals surface area contributed by atoms with E-state index in [9.17, 15) is 14.4 Å². The molecule has 9 aromatic rings. The number of esters is 1. The number of H-pyrrole nitrogens is 3. The minimum atomic E-state index is -0.422. The van der Waals surface area contributed by atoms with Gasteiger partial charge in [0.15, 0.2) is 35.9 Å². The monoisotopic (exact) mass is 767 g/mol. The molecule has 3 N–H and O–H groups in total. The van der Waals surface area contributed by atoms with Gasteiger partial charge in [0.2, 0.25) is 0 Å². The summed E-state index contributed by atoms with van der Waals surface area (Å²) in [6, 6.07) is 16.5. The summed E-state index contributed by atoms with van der Waals surface area (Å²) < 4.78 is 34.5. The van der Waals surface area contributed by atoms with Gasteiger partial charge in [0.25, 0.3) is 12.9 Å². The molecule has 292 valence electrons. The summed E-state index contributed by atoms with van der Waals surface area (Å²) in [6.07, 6.45) is 15.0. The molecule has 2 unspecified atom stereocenters. The van der Waals surface area contributed by atoms with Gasteiger partial charge in [-0.05, 0) is 39.0 Å². The third kappa shape index (κ3) is 11.3. The van der Waals surface area contributed by atoms with E-state index in [2.05, 4.69) is 39.7 Å². The van der Waals surface area contributed by atoms with Crippen molar-refractivity contribution < 1.29 is 41.8 Å². The molecule has 9 rings (SSSR count). The Balaban J connectivity index is 0.000000140. The summed E-state index contributed by atoms with van der Waals surface area (Å²) in [5.41, 5.74) is 8.10. The van der Waals surface area contributed by atoms with Crippen LogP contribution in [0.2, 0.25) is 0 Å². The van der Waals surface area contributed by atoms with Crippen LogP contribution in [0.15, 0.2) is 124 Å². The van der Waals surface area contributed by atoms with Gasteiger partial charge < -0.3 is 42.4 Å². The van der Waals surface area contributed by atoms with Crippen LogP contribution in [-0.4, -0.2) is 63.2 Å². The molecular formula is C38H41N9O9. The standard InChI is InChI=1S/C13H13N3O3.2C7H7NO.C6H8N2O2.C5H6N2O2/c1-2-12(16-6-3-5-14-16)19-13(17)10-8-11-9(15-10)4-7-18-11;2*1-5-4-7-6(8-5)2-3-9-7;1-6(10-5-9)8-4-2-3-7-8;8-5-9-4-7-3-1-2-6-7/h3-8,12,15H,2H2,1H3;2*2-4,8H,1H3;2-6H,1H3;1-3,5H,4H2. The molecule has 0 radical (unpaired) electrons. The first-order valence-electron chi connectivity index (χ1n) is 17.2. The molecule has 2 atom stereocenters.